The Labute approximate surface area is 133 Å². The van der Waals surface area contributed by atoms with E-state index >= 15 is 0 Å². The smallest absolute Gasteiger partial charge is 0.311 e. The molecule has 0 aliphatic rings. The molecule has 2 rings (SSSR count). The molecule has 7 nitrogen and oxygen atoms in total. The molecule has 0 spiro atoms. The Morgan fingerprint density at radius 1 is 1.17 bits per heavy atom. The molecule has 0 unspecified atom stereocenters. The van der Waals surface area contributed by atoms with Crippen molar-refractivity contribution in [2.75, 3.05) is 14.2 Å². The van der Waals surface area contributed by atoms with Gasteiger partial charge in [-0.2, -0.15) is 5.10 Å². The van der Waals surface area contributed by atoms with Gasteiger partial charge in [0.05, 0.1) is 31.9 Å². The summed E-state index contributed by atoms with van der Waals surface area (Å²) in [7, 11) is 2.85. The number of nitrogens with zero attached hydrogens (tertiary/aromatic N) is 2. The minimum Gasteiger partial charge on any atom is -0.496 e. The van der Waals surface area contributed by atoms with E-state index in [1.165, 1.54) is 32.6 Å². The van der Waals surface area contributed by atoms with Gasteiger partial charge in [-0.1, -0.05) is 30.3 Å². The highest BCUT2D eigenvalue weighted by Crippen LogP contribution is 2.33. The first-order valence-electron chi connectivity index (χ1n) is 6.86. The van der Waals surface area contributed by atoms with Crippen LogP contribution in [0.2, 0.25) is 0 Å². The van der Waals surface area contributed by atoms with E-state index in [0.717, 1.165) is 5.56 Å². The highest BCUT2D eigenvalue weighted by Gasteiger charge is 2.18. The second-order valence-corrected chi connectivity index (χ2v) is 4.60. The highest BCUT2D eigenvalue weighted by atomic mass is 16.6. The molecule has 7 heteroatoms. The van der Waals surface area contributed by atoms with Crippen molar-refractivity contribution in [2.24, 2.45) is 5.10 Å². The fourth-order valence-electron chi connectivity index (χ4n) is 2.00. The number of rotatable bonds is 7. The molecule has 0 atom stereocenters. The van der Waals surface area contributed by atoms with Crippen LogP contribution in [0.1, 0.15) is 11.1 Å². The molecular weight excluding hydrogens is 298 g/mol. The Hall–Kier alpha value is -3.09. The van der Waals surface area contributed by atoms with Crippen molar-refractivity contribution >= 4 is 11.9 Å². The lowest BCUT2D eigenvalue weighted by Gasteiger charge is -2.08. The summed E-state index contributed by atoms with van der Waals surface area (Å²) in [5.74, 6) is 0.582. The van der Waals surface area contributed by atoms with Crippen LogP contribution in [0, 0.1) is 10.1 Å². The summed E-state index contributed by atoms with van der Waals surface area (Å²) in [5, 5.41) is 15.2. The number of methoxy groups -OCH3 is 2. The topological polar surface area (TPSA) is 86.0 Å². The predicted octanol–water partition coefficient (Wildman–Crippen LogP) is 2.74. The molecule has 0 amide bonds. The molecule has 1 N–H and O–H groups in total. The standard InChI is InChI=1S/C16H17N3O4/c1-22-15-9-16(23-2)14(19(20)21)8-13(15)11-18-17-10-12-6-4-3-5-7-12/h3-9,11,17H,10H2,1-2H3. The first-order chi connectivity index (χ1) is 11.2. The molecule has 0 saturated heterocycles. The fraction of sp³-hybridized carbons (Fsp3) is 0.188. The average molecular weight is 315 g/mol. The van der Waals surface area contributed by atoms with Gasteiger partial charge in [0.25, 0.3) is 0 Å². The Morgan fingerprint density at radius 2 is 1.87 bits per heavy atom. The van der Waals surface area contributed by atoms with E-state index in [0.29, 0.717) is 17.9 Å². The van der Waals surface area contributed by atoms with Crippen LogP contribution in [0.25, 0.3) is 0 Å². The zero-order chi connectivity index (χ0) is 16.7. The summed E-state index contributed by atoms with van der Waals surface area (Å²) in [5.41, 5.74) is 4.32. The maximum Gasteiger partial charge on any atom is 0.311 e. The lowest BCUT2D eigenvalue weighted by atomic mass is 10.1. The first-order valence-corrected chi connectivity index (χ1v) is 6.86. The quantitative estimate of drug-likeness (QED) is 0.482. The van der Waals surface area contributed by atoms with Crippen LogP contribution in [0.15, 0.2) is 47.6 Å². The summed E-state index contributed by atoms with van der Waals surface area (Å²) in [6.07, 6.45) is 1.48. The van der Waals surface area contributed by atoms with Gasteiger partial charge >= 0.3 is 5.69 Å². The monoisotopic (exact) mass is 315 g/mol. The SMILES string of the molecule is COc1cc(OC)c([N+](=O)[O-])cc1C=NNCc1ccccc1. The number of hydrogen-bond acceptors (Lipinski definition) is 6. The molecule has 2 aromatic carbocycles. The van der Waals surface area contributed by atoms with Crippen LogP contribution >= 0.6 is 0 Å². The third-order valence-electron chi connectivity index (χ3n) is 3.15. The molecular formula is C16H17N3O4. The van der Waals surface area contributed by atoms with Gasteiger partial charge in [0.15, 0.2) is 0 Å². The lowest BCUT2D eigenvalue weighted by Crippen LogP contribution is -2.06. The molecule has 0 radical (unpaired) electrons. The summed E-state index contributed by atoms with van der Waals surface area (Å²) in [4.78, 5) is 10.6. The molecule has 0 aliphatic heterocycles. The van der Waals surface area contributed by atoms with Gasteiger partial charge in [-0.15, -0.1) is 0 Å². The van der Waals surface area contributed by atoms with E-state index < -0.39 is 4.92 Å². The molecule has 2 aromatic rings. The molecule has 0 aromatic heterocycles. The summed E-state index contributed by atoms with van der Waals surface area (Å²) in [6.45, 7) is 0.553. The van der Waals surface area contributed by atoms with Crippen LogP contribution in [0.5, 0.6) is 11.5 Å². The summed E-state index contributed by atoms with van der Waals surface area (Å²) >= 11 is 0. The molecule has 0 bridgehead atoms. The van der Waals surface area contributed by atoms with Crippen molar-refractivity contribution in [1.29, 1.82) is 0 Å². The van der Waals surface area contributed by atoms with Crippen molar-refractivity contribution in [3.8, 4) is 11.5 Å². The number of hydrazone groups is 1. The van der Waals surface area contributed by atoms with Crippen LogP contribution < -0.4 is 14.9 Å². The molecule has 0 saturated carbocycles. The highest BCUT2D eigenvalue weighted by molar-refractivity contribution is 5.85. The molecule has 120 valence electrons. The van der Waals surface area contributed by atoms with E-state index in [4.69, 9.17) is 9.47 Å². The maximum atomic E-state index is 11.1. The molecule has 0 fully saturated rings. The van der Waals surface area contributed by atoms with Gasteiger partial charge < -0.3 is 14.9 Å². The average Bonchev–Trinajstić information content (AvgIpc) is 2.58. The molecule has 0 heterocycles. The van der Waals surface area contributed by atoms with Gasteiger partial charge in [0.2, 0.25) is 5.75 Å². The largest absolute Gasteiger partial charge is 0.496 e. The Kier molecular flexibility index (Phi) is 5.51. The minimum atomic E-state index is -0.507. The normalized spacial score (nSPS) is 10.5. The minimum absolute atomic E-state index is 0.140. The van der Waals surface area contributed by atoms with E-state index in [1.54, 1.807) is 0 Å². The number of nitro groups is 1. The van der Waals surface area contributed by atoms with Crippen molar-refractivity contribution in [1.82, 2.24) is 5.43 Å². The van der Waals surface area contributed by atoms with E-state index in [9.17, 15) is 10.1 Å². The van der Waals surface area contributed by atoms with Gasteiger partial charge in [-0.05, 0) is 5.56 Å². The zero-order valence-electron chi connectivity index (χ0n) is 12.9. The van der Waals surface area contributed by atoms with E-state index in [-0.39, 0.29) is 11.4 Å². The number of nitrogens with one attached hydrogen (secondary N) is 1. The van der Waals surface area contributed by atoms with E-state index in [1.807, 2.05) is 30.3 Å². The van der Waals surface area contributed by atoms with Crippen LogP contribution in [0.3, 0.4) is 0 Å². The van der Waals surface area contributed by atoms with Crippen LogP contribution in [0.4, 0.5) is 5.69 Å². The van der Waals surface area contributed by atoms with Gasteiger partial charge in [-0.3, -0.25) is 10.1 Å². The van der Waals surface area contributed by atoms with Crippen molar-refractivity contribution < 1.29 is 14.4 Å². The Bertz CT molecular complexity index is 702. The second-order valence-electron chi connectivity index (χ2n) is 4.60. The molecule has 23 heavy (non-hydrogen) atoms. The van der Waals surface area contributed by atoms with Gasteiger partial charge in [0, 0.05) is 17.7 Å². The lowest BCUT2D eigenvalue weighted by molar-refractivity contribution is -0.385. The van der Waals surface area contributed by atoms with Gasteiger partial charge in [-0.25, -0.2) is 0 Å². The second kappa shape index (κ2) is 7.79. The van der Waals surface area contributed by atoms with Gasteiger partial charge in [0.1, 0.15) is 5.75 Å². The van der Waals surface area contributed by atoms with Crippen LogP contribution in [-0.2, 0) is 6.54 Å². The first kappa shape index (κ1) is 16.3. The van der Waals surface area contributed by atoms with Crippen LogP contribution in [-0.4, -0.2) is 25.4 Å². The zero-order valence-corrected chi connectivity index (χ0v) is 12.9. The number of hydrogen-bond donors (Lipinski definition) is 1. The Balaban J connectivity index is 2.16. The summed E-state index contributed by atoms with van der Waals surface area (Å²) < 4.78 is 10.2. The fourth-order valence-corrected chi connectivity index (χ4v) is 2.00. The van der Waals surface area contributed by atoms with Crippen molar-refractivity contribution in [3.05, 3.63) is 63.7 Å². The third kappa shape index (κ3) is 4.19. The number of nitro benzene ring substituents is 1. The summed E-state index contributed by atoms with van der Waals surface area (Å²) in [6, 6.07) is 12.6. The maximum absolute atomic E-state index is 11.1. The van der Waals surface area contributed by atoms with Crippen molar-refractivity contribution in [2.45, 2.75) is 6.54 Å². The molecule has 0 aliphatic carbocycles. The van der Waals surface area contributed by atoms with E-state index in [2.05, 4.69) is 10.5 Å². The van der Waals surface area contributed by atoms with Crippen molar-refractivity contribution in [3.63, 3.8) is 0 Å². The Morgan fingerprint density at radius 3 is 2.48 bits per heavy atom. The third-order valence-corrected chi connectivity index (χ3v) is 3.15. The predicted molar refractivity (Wildman–Crippen MR) is 87.1 cm³/mol. The number of ether oxygens (including phenoxy) is 2. The number of benzene rings is 2.